The molecule has 1 aromatic carbocycles. The van der Waals surface area contributed by atoms with Gasteiger partial charge in [-0.15, -0.1) is 11.3 Å². The van der Waals surface area contributed by atoms with Crippen LogP contribution in [0, 0.1) is 12.3 Å². The smallest absolute Gasteiger partial charge is 0.394 e. The van der Waals surface area contributed by atoms with Crippen LogP contribution in [-0.4, -0.2) is 29.3 Å². The largest absolute Gasteiger partial charge is 0.487 e. The number of carbonyl (C=O) groups excluding carboxylic acids is 1. The Hall–Kier alpha value is -2.09. The predicted octanol–water partition coefficient (Wildman–Crippen LogP) is 5.16. The van der Waals surface area contributed by atoms with Gasteiger partial charge in [-0.05, 0) is 38.1 Å². The van der Waals surface area contributed by atoms with Crippen LogP contribution in [0.3, 0.4) is 0 Å². The van der Waals surface area contributed by atoms with Crippen LogP contribution in [0.2, 0.25) is 0 Å². The SMILES string of the molecule is CCOC(=O)c1sc(-c2ccc(OC34CC(C(F)(F)F)(C3)C4)cc2)nc1C. The number of halogens is 3. The molecule has 3 aliphatic rings. The highest BCUT2D eigenvalue weighted by Gasteiger charge is 2.80. The Kier molecular flexibility index (Phi) is 4.03. The van der Waals surface area contributed by atoms with Crippen molar-refractivity contribution < 1.29 is 27.4 Å². The number of nitrogens with zero attached hydrogens (tertiary/aromatic N) is 1. The Bertz CT molecular complexity index is 869. The second-order valence-electron chi connectivity index (χ2n) is 7.27. The minimum absolute atomic E-state index is 0.0415. The average molecular weight is 397 g/mol. The van der Waals surface area contributed by atoms with Crippen molar-refractivity contribution in [3.8, 4) is 16.3 Å². The highest BCUT2D eigenvalue weighted by atomic mass is 32.1. The molecule has 2 aromatic rings. The lowest BCUT2D eigenvalue weighted by atomic mass is 9.40. The van der Waals surface area contributed by atoms with Crippen LogP contribution in [0.5, 0.6) is 5.75 Å². The minimum atomic E-state index is -4.14. The fraction of sp³-hybridized carbons (Fsp3) is 0.474. The maximum Gasteiger partial charge on any atom is 0.394 e. The molecule has 0 saturated heterocycles. The number of aromatic nitrogens is 1. The van der Waals surface area contributed by atoms with Crippen LogP contribution >= 0.6 is 11.3 Å². The molecule has 0 spiro atoms. The van der Waals surface area contributed by atoms with E-state index >= 15 is 0 Å². The van der Waals surface area contributed by atoms with Gasteiger partial charge in [0.05, 0.1) is 17.7 Å². The van der Waals surface area contributed by atoms with E-state index in [-0.39, 0.29) is 25.2 Å². The molecule has 5 rings (SSSR count). The lowest BCUT2D eigenvalue weighted by molar-refractivity contribution is -0.373. The monoisotopic (exact) mass is 397 g/mol. The summed E-state index contributed by atoms with van der Waals surface area (Å²) >= 11 is 1.25. The Morgan fingerprint density at radius 2 is 1.85 bits per heavy atom. The number of benzene rings is 1. The molecule has 0 aliphatic heterocycles. The van der Waals surface area contributed by atoms with Crippen LogP contribution in [0.15, 0.2) is 24.3 Å². The topological polar surface area (TPSA) is 48.4 Å². The standard InChI is InChI=1S/C19H18F3NO3S/c1-3-25-16(24)14-11(2)23-15(27-14)12-4-6-13(7-5-12)26-18-8-17(9-18,10-18)19(20,21)22/h4-7H,3,8-10H2,1-2H3. The van der Waals surface area contributed by atoms with Crippen LogP contribution < -0.4 is 4.74 Å². The van der Waals surface area contributed by atoms with Crippen molar-refractivity contribution >= 4 is 17.3 Å². The van der Waals surface area contributed by atoms with Gasteiger partial charge in [-0.1, -0.05) is 0 Å². The zero-order chi connectivity index (χ0) is 19.4. The third kappa shape index (κ3) is 2.90. The van der Waals surface area contributed by atoms with Crippen LogP contribution in [0.1, 0.15) is 41.6 Å². The number of alkyl halides is 3. The zero-order valence-corrected chi connectivity index (χ0v) is 15.7. The highest BCUT2D eigenvalue weighted by Crippen LogP contribution is 2.74. The molecular formula is C19H18F3NO3S. The van der Waals surface area contributed by atoms with Gasteiger partial charge in [-0.3, -0.25) is 0 Å². The fourth-order valence-corrected chi connectivity index (χ4v) is 4.89. The van der Waals surface area contributed by atoms with Gasteiger partial charge in [0, 0.05) is 24.8 Å². The van der Waals surface area contributed by atoms with Gasteiger partial charge in [0.25, 0.3) is 0 Å². The van der Waals surface area contributed by atoms with Gasteiger partial charge in [-0.2, -0.15) is 13.2 Å². The van der Waals surface area contributed by atoms with Gasteiger partial charge in [-0.25, -0.2) is 9.78 Å². The molecule has 8 heteroatoms. The number of esters is 1. The van der Waals surface area contributed by atoms with Crippen molar-refractivity contribution in [2.75, 3.05) is 6.61 Å². The molecule has 27 heavy (non-hydrogen) atoms. The second kappa shape index (κ2) is 5.95. The summed E-state index contributed by atoms with van der Waals surface area (Å²) in [6, 6.07) is 7.06. The van der Waals surface area contributed by atoms with E-state index < -0.39 is 17.2 Å². The van der Waals surface area contributed by atoms with E-state index in [0.717, 1.165) is 5.56 Å². The van der Waals surface area contributed by atoms with Gasteiger partial charge in [0.2, 0.25) is 0 Å². The van der Waals surface area contributed by atoms with Crippen molar-refractivity contribution in [1.29, 1.82) is 0 Å². The molecule has 0 N–H and O–H groups in total. The maximum atomic E-state index is 12.9. The van der Waals surface area contributed by atoms with E-state index in [1.54, 1.807) is 38.1 Å². The summed E-state index contributed by atoms with van der Waals surface area (Å²) in [4.78, 5) is 16.8. The molecule has 0 amide bonds. The molecule has 2 bridgehead atoms. The molecular weight excluding hydrogens is 379 g/mol. The quantitative estimate of drug-likeness (QED) is 0.654. The molecule has 3 aliphatic carbocycles. The molecule has 0 radical (unpaired) electrons. The number of hydrogen-bond acceptors (Lipinski definition) is 5. The lowest BCUT2D eigenvalue weighted by Crippen LogP contribution is -2.74. The Labute approximate surface area is 158 Å². The van der Waals surface area contributed by atoms with Gasteiger partial charge < -0.3 is 9.47 Å². The summed E-state index contributed by atoms with van der Waals surface area (Å²) in [5.74, 6) is 0.161. The van der Waals surface area contributed by atoms with Crippen LogP contribution in [0.25, 0.3) is 10.6 Å². The molecule has 3 fully saturated rings. The second-order valence-corrected chi connectivity index (χ2v) is 8.27. The van der Waals surface area contributed by atoms with E-state index in [0.29, 0.717) is 27.9 Å². The third-order valence-corrected chi connectivity index (χ3v) is 6.46. The summed E-state index contributed by atoms with van der Waals surface area (Å²) in [6.07, 6.45) is -4.01. The average Bonchev–Trinajstić information content (AvgIpc) is 2.91. The van der Waals surface area contributed by atoms with Crippen molar-refractivity contribution in [2.24, 2.45) is 5.41 Å². The first-order valence-electron chi connectivity index (χ1n) is 8.68. The Morgan fingerprint density at radius 3 is 2.41 bits per heavy atom. The van der Waals surface area contributed by atoms with Crippen molar-refractivity contribution in [3.05, 3.63) is 34.8 Å². The van der Waals surface area contributed by atoms with Crippen molar-refractivity contribution in [2.45, 2.75) is 44.9 Å². The third-order valence-electron chi connectivity index (χ3n) is 5.28. The molecule has 3 saturated carbocycles. The van der Waals surface area contributed by atoms with Gasteiger partial charge in [0.1, 0.15) is 21.2 Å². The van der Waals surface area contributed by atoms with Crippen LogP contribution in [-0.2, 0) is 4.74 Å². The van der Waals surface area contributed by atoms with Crippen molar-refractivity contribution in [1.82, 2.24) is 4.98 Å². The minimum Gasteiger partial charge on any atom is -0.487 e. The van der Waals surface area contributed by atoms with E-state index in [1.165, 1.54) is 11.3 Å². The summed E-state index contributed by atoms with van der Waals surface area (Å²) in [5.41, 5.74) is -0.753. The van der Waals surface area contributed by atoms with E-state index in [2.05, 4.69) is 4.98 Å². The first-order chi connectivity index (χ1) is 12.7. The predicted molar refractivity (Wildman–Crippen MR) is 93.9 cm³/mol. The summed E-state index contributed by atoms with van der Waals surface area (Å²) in [7, 11) is 0. The number of thiazole rings is 1. The number of rotatable bonds is 5. The molecule has 1 heterocycles. The number of aryl methyl sites for hydroxylation is 1. The molecule has 144 valence electrons. The van der Waals surface area contributed by atoms with E-state index in [9.17, 15) is 18.0 Å². The molecule has 0 unspecified atom stereocenters. The van der Waals surface area contributed by atoms with E-state index in [4.69, 9.17) is 9.47 Å². The number of carbonyl (C=O) groups is 1. The number of ether oxygens (including phenoxy) is 2. The summed E-state index contributed by atoms with van der Waals surface area (Å²) in [5, 5.41) is 0.684. The lowest BCUT2D eigenvalue weighted by Gasteiger charge is -2.69. The Balaban J connectivity index is 1.44. The maximum absolute atomic E-state index is 12.9. The normalized spacial score (nSPS) is 26.1. The summed E-state index contributed by atoms with van der Waals surface area (Å²) < 4.78 is 49.6. The molecule has 4 nitrogen and oxygen atoms in total. The Morgan fingerprint density at radius 1 is 1.22 bits per heavy atom. The molecule has 0 atom stereocenters. The zero-order valence-electron chi connectivity index (χ0n) is 14.9. The van der Waals surface area contributed by atoms with Crippen molar-refractivity contribution in [3.63, 3.8) is 0 Å². The van der Waals surface area contributed by atoms with E-state index in [1.807, 2.05) is 0 Å². The van der Waals surface area contributed by atoms with Gasteiger partial charge in [0.15, 0.2) is 0 Å². The van der Waals surface area contributed by atoms with Gasteiger partial charge >= 0.3 is 12.1 Å². The van der Waals surface area contributed by atoms with Crippen LogP contribution in [0.4, 0.5) is 13.2 Å². The molecule has 1 aromatic heterocycles. The first-order valence-corrected chi connectivity index (χ1v) is 9.49. The first kappa shape index (κ1) is 18.3. The summed E-state index contributed by atoms with van der Waals surface area (Å²) in [6.45, 7) is 3.80. The number of hydrogen-bond donors (Lipinski definition) is 0. The highest BCUT2D eigenvalue weighted by molar-refractivity contribution is 7.17. The fourth-order valence-electron chi connectivity index (χ4n) is 3.93.